The lowest BCUT2D eigenvalue weighted by atomic mass is 9.99. The Bertz CT molecular complexity index is 456. The van der Waals surface area contributed by atoms with Gasteiger partial charge in [-0.2, -0.15) is 0 Å². The van der Waals surface area contributed by atoms with Gasteiger partial charge in [0.15, 0.2) is 0 Å². The summed E-state index contributed by atoms with van der Waals surface area (Å²) in [5.41, 5.74) is 1.15. The van der Waals surface area contributed by atoms with E-state index in [1.165, 1.54) is 17.7 Å². The highest BCUT2D eigenvalue weighted by molar-refractivity contribution is 7.14. The average Bonchev–Trinajstić information content (AvgIpc) is 3.13. The molecule has 0 saturated heterocycles. The molecule has 4 nitrogen and oxygen atoms in total. The summed E-state index contributed by atoms with van der Waals surface area (Å²) in [6, 6.07) is 1.85. The van der Waals surface area contributed by atoms with Crippen LogP contribution in [0.25, 0.3) is 0 Å². The molecule has 1 aliphatic carbocycles. The van der Waals surface area contributed by atoms with Crippen LogP contribution in [0.1, 0.15) is 45.8 Å². The highest BCUT2D eigenvalue weighted by atomic mass is 32.1. The minimum Gasteiger partial charge on any atom is -0.394 e. The van der Waals surface area contributed by atoms with Gasteiger partial charge in [0.05, 0.1) is 30.7 Å². The molecule has 110 valence electrons. The molecule has 1 aliphatic heterocycles. The Kier molecular flexibility index (Phi) is 4.38. The first-order chi connectivity index (χ1) is 9.78. The second-order valence-electron chi connectivity index (χ2n) is 5.67. The molecule has 1 saturated carbocycles. The van der Waals surface area contributed by atoms with Crippen molar-refractivity contribution in [2.45, 2.75) is 44.8 Å². The maximum atomic E-state index is 12.3. The predicted octanol–water partition coefficient (Wildman–Crippen LogP) is 2.10. The summed E-state index contributed by atoms with van der Waals surface area (Å²) >= 11 is 1.56. The van der Waals surface area contributed by atoms with E-state index in [0.717, 1.165) is 36.3 Å². The number of aliphatic hydroxyl groups is 1. The number of ether oxygens (including phenoxy) is 1. The Morgan fingerprint density at radius 3 is 3.00 bits per heavy atom. The second kappa shape index (κ2) is 6.24. The quantitative estimate of drug-likeness (QED) is 0.894. The molecule has 2 heterocycles. The van der Waals surface area contributed by atoms with Crippen molar-refractivity contribution >= 4 is 17.2 Å². The standard InChI is InChI=1S/C15H21NO3S/c17-8-12(10-3-1-2-4-10)16-15(18)14-7-11-9-19-6-5-13(11)20-14/h7,10,12,17H,1-6,8-9H2,(H,16,18). The molecule has 3 rings (SSSR count). The third kappa shape index (κ3) is 2.90. The van der Waals surface area contributed by atoms with Crippen LogP contribution in [-0.4, -0.2) is 30.3 Å². The van der Waals surface area contributed by atoms with E-state index < -0.39 is 0 Å². The lowest BCUT2D eigenvalue weighted by Crippen LogP contribution is -2.41. The summed E-state index contributed by atoms with van der Waals surface area (Å²) in [7, 11) is 0. The number of nitrogens with one attached hydrogen (secondary N) is 1. The number of carbonyl (C=O) groups is 1. The molecule has 1 aromatic heterocycles. The molecule has 0 aromatic carbocycles. The van der Waals surface area contributed by atoms with Crippen LogP contribution in [0.15, 0.2) is 6.07 Å². The molecule has 1 amide bonds. The van der Waals surface area contributed by atoms with Gasteiger partial charge in [-0.15, -0.1) is 11.3 Å². The van der Waals surface area contributed by atoms with E-state index in [1.807, 2.05) is 6.07 Å². The van der Waals surface area contributed by atoms with Crippen LogP contribution in [0.4, 0.5) is 0 Å². The second-order valence-corrected chi connectivity index (χ2v) is 6.81. The van der Waals surface area contributed by atoms with Gasteiger partial charge in [-0.05, 0) is 30.4 Å². The molecular formula is C15H21NO3S. The third-order valence-corrected chi connectivity index (χ3v) is 5.57. The highest BCUT2D eigenvalue weighted by Crippen LogP contribution is 2.29. The molecule has 1 aromatic rings. The van der Waals surface area contributed by atoms with Crippen molar-refractivity contribution < 1.29 is 14.6 Å². The smallest absolute Gasteiger partial charge is 0.261 e. The summed E-state index contributed by atoms with van der Waals surface area (Å²) in [6.07, 6.45) is 5.54. The zero-order valence-corrected chi connectivity index (χ0v) is 12.4. The van der Waals surface area contributed by atoms with Crippen LogP contribution in [-0.2, 0) is 17.8 Å². The maximum absolute atomic E-state index is 12.3. The predicted molar refractivity (Wildman–Crippen MR) is 78.0 cm³/mol. The van der Waals surface area contributed by atoms with Crippen molar-refractivity contribution in [3.63, 3.8) is 0 Å². The fourth-order valence-corrected chi connectivity index (χ4v) is 4.22. The van der Waals surface area contributed by atoms with Gasteiger partial charge < -0.3 is 15.2 Å². The fraction of sp³-hybridized carbons (Fsp3) is 0.667. The van der Waals surface area contributed by atoms with Crippen LogP contribution < -0.4 is 5.32 Å². The molecule has 5 heteroatoms. The Balaban J connectivity index is 1.67. The summed E-state index contributed by atoms with van der Waals surface area (Å²) < 4.78 is 5.41. The van der Waals surface area contributed by atoms with Gasteiger partial charge >= 0.3 is 0 Å². The summed E-state index contributed by atoms with van der Waals surface area (Å²) in [5.74, 6) is 0.386. The van der Waals surface area contributed by atoms with Crippen molar-refractivity contribution in [2.75, 3.05) is 13.2 Å². The van der Waals surface area contributed by atoms with Gasteiger partial charge in [0.25, 0.3) is 5.91 Å². The van der Waals surface area contributed by atoms with E-state index in [0.29, 0.717) is 12.5 Å². The minimum atomic E-state index is -0.0969. The fourth-order valence-electron chi connectivity index (χ4n) is 3.17. The molecule has 0 radical (unpaired) electrons. The maximum Gasteiger partial charge on any atom is 0.261 e. The van der Waals surface area contributed by atoms with Crippen molar-refractivity contribution in [2.24, 2.45) is 5.92 Å². The van der Waals surface area contributed by atoms with Gasteiger partial charge in [0.2, 0.25) is 0 Å². The van der Waals surface area contributed by atoms with E-state index >= 15 is 0 Å². The largest absolute Gasteiger partial charge is 0.394 e. The number of hydrogen-bond acceptors (Lipinski definition) is 4. The number of aliphatic hydroxyl groups excluding tert-OH is 1. The Morgan fingerprint density at radius 1 is 1.50 bits per heavy atom. The summed E-state index contributed by atoms with van der Waals surface area (Å²) in [5, 5.41) is 12.5. The first-order valence-electron chi connectivity index (χ1n) is 7.39. The van der Waals surface area contributed by atoms with Gasteiger partial charge in [-0.25, -0.2) is 0 Å². The SMILES string of the molecule is O=C(NC(CO)C1CCCC1)c1cc2c(s1)CCOC2. The number of carbonyl (C=O) groups excluding carboxylic acids is 1. The summed E-state index contributed by atoms with van der Waals surface area (Å²) in [4.78, 5) is 14.3. The van der Waals surface area contributed by atoms with Crippen molar-refractivity contribution in [3.8, 4) is 0 Å². The molecule has 0 spiro atoms. The number of amides is 1. The molecule has 1 fully saturated rings. The van der Waals surface area contributed by atoms with E-state index in [4.69, 9.17) is 4.74 Å². The van der Waals surface area contributed by atoms with Gasteiger partial charge in [0, 0.05) is 11.3 Å². The molecule has 1 atom stereocenters. The van der Waals surface area contributed by atoms with Crippen LogP contribution >= 0.6 is 11.3 Å². The Hall–Kier alpha value is -0.910. The Morgan fingerprint density at radius 2 is 2.30 bits per heavy atom. The summed E-state index contributed by atoms with van der Waals surface area (Å²) in [6.45, 7) is 1.39. The van der Waals surface area contributed by atoms with Gasteiger partial charge in [-0.1, -0.05) is 12.8 Å². The van der Waals surface area contributed by atoms with E-state index in [1.54, 1.807) is 11.3 Å². The van der Waals surface area contributed by atoms with Gasteiger partial charge in [-0.3, -0.25) is 4.79 Å². The number of hydrogen-bond donors (Lipinski definition) is 2. The molecule has 1 unspecified atom stereocenters. The molecule has 0 bridgehead atoms. The number of fused-ring (bicyclic) bond motifs is 1. The lowest BCUT2D eigenvalue weighted by molar-refractivity contribution is 0.0893. The molecule has 20 heavy (non-hydrogen) atoms. The van der Waals surface area contributed by atoms with E-state index in [2.05, 4.69) is 5.32 Å². The molecular weight excluding hydrogens is 274 g/mol. The minimum absolute atomic E-state index is 0.0323. The highest BCUT2D eigenvalue weighted by Gasteiger charge is 2.27. The van der Waals surface area contributed by atoms with E-state index in [-0.39, 0.29) is 18.6 Å². The Labute approximate surface area is 123 Å². The zero-order valence-electron chi connectivity index (χ0n) is 11.6. The van der Waals surface area contributed by atoms with Crippen LogP contribution in [0.5, 0.6) is 0 Å². The van der Waals surface area contributed by atoms with Crippen molar-refractivity contribution in [1.29, 1.82) is 0 Å². The first-order valence-corrected chi connectivity index (χ1v) is 8.20. The topological polar surface area (TPSA) is 58.6 Å². The normalized spacial score (nSPS) is 20.6. The third-order valence-electron chi connectivity index (χ3n) is 4.33. The number of thiophene rings is 1. The van der Waals surface area contributed by atoms with Crippen LogP contribution in [0, 0.1) is 5.92 Å². The van der Waals surface area contributed by atoms with Crippen molar-refractivity contribution in [3.05, 3.63) is 21.4 Å². The molecule has 2 N–H and O–H groups in total. The van der Waals surface area contributed by atoms with Crippen LogP contribution in [0.3, 0.4) is 0 Å². The van der Waals surface area contributed by atoms with Crippen LogP contribution in [0.2, 0.25) is 0 Å². The zero-order chi connectivity index (χ0) is 13.9. The number of rotatable bonds is 4. The average molecular weight is 295 g/mol. The molecule has 2 aliphatic rings. The first kappa shape index (κ1) is 14.0. The van der Waals surface area contributed by atoms with Gasteiger partial charge in [0.1, 0.15) is 0 Å². The van der Waals surface area contributed by atoms with E-state index in [9.17, 15) is 9.90 Å². The lowest BCUT2D eigenvalue weighted by Gasteiger charge is -2.22. The van der Waals surface area contributed by atoms with Crippen molar-refractivity contribution in [1.82, 2.24) is 5.32 Å². The monoisotopic (exact) mass is 295 g/mol.